The third kappa shape index (κ3) is 4.91. The van der Waals surface area contributed by atoms with Crippen molar-refractivity contribution < 1.29 is 13.2 Å². The van der Waals surface area contributed by atoms with Crippen LogP contribution in [0.1, 0.15) is 50.6 Å². The molecule has 0 spiro atoms. The summed E-state index contributed by atoms with van der Waals surface area (Å²) in [6, 6.07) is 5.92. The number of carbonyl (C=O) groups excluding carboxylic acids is 1. The molecule has 5 N–H and O–H groups in total. The smallest absolute Gasteiger partial charge is 0.240 e. The number of carbonyl (C=O) groups is 1. The molecule has 1 saturated carbocycles. The van der Waals surface area contributed by atoms with Gasteiger partial charge in [-0.25, -0.2) is 13.6 Å². The summed E-state index contributed by atoms with van der Waals surface area (Å²) < 4.78 is 22.5. The maximum Gasteiger partial charge on any atom is 0.240 e. The van der Waals surface area contributed by atoms with Crippen LogP contribution in [-0.4, -0.2) is 19.9 Å². The molecule has 23 heavy (non-hydrogen) atoms. The van der Waals surface area contributed by atoms with Crippen LogP contribution in [0.2, 0.25) is 0 Å². The van der Waals surface area contributed by atoms with Gasteiger partial charge in [0.25, 0.3) is 0 Å². The Morgan fingerprint density at radius 2 is 1.70 bits per heavy atom. The van der Waals surface area contributed by atoms with E-state index >= 15 is 0 Å². The number of amides is 1. The highest BCUT2D eigenvalue weighted by Gasteiger charge is 2.35. The number of sulfonamides is 1. The third-order valence-electron chi connectivity index (χ3n) is 4.25. The lowest BCUT2D eigenvalue weighted by atomic mass is 9.81. The summed E-state index contributed by atoms with van der Waals surface area (Å²) in [7, 11) is -3.70. The minimum atomic E-state index is -3.70. The number of hydrogen-bond acceptors (Lipinski definition) is 4. The van der Waals surface area contributed by atoms with E-state index in [1.54, 1.807) is 12.1 Å². The fraction of sp³-hybridized carbons (Fsp3) is 0.533. The quantitative estimate of drug-likeness (QED) is 0.755. The van der Waals surface area contributed by atoms with Crippen LogP contribution in [0, 0.1) is 0 Å². The molecule has 0 aliphatic heterocycles. The first-order valence-electron chi connectivity index (χ1n) is 7.45. The van der Waals surface area contributed by atoms with Gasteiger partial charge in [-0.15, -0.1) is 12.4 Å². The Balaban J connectivity index is 0.00000264. The second kappa shape index (κ2) is 7.61. The van der Waals surface area contributed by atoms with Crippen LogP contribution in [0.5, 0.6) is 0 Å². The Labute approximate surface area is 143 Å². The molecule has 2 rings (SSSR count). The van der Waals surface area contributed by atoms with Crippen LogP contribution in [-0.2, 0) is 14.8 Å². The topological polar surface area (TPSA) is 115 Å². The van der Waals surface area contributed by atoms with E-state index in [0.29, 0.717) is 12.8 Å². The predicted octanol–water partition coefficient (Wildman–Crippen LogP) is 1.59. The van der Waals surface area contributed by atoms with Crippen molar-refractivity contribution in [2.75, 3.05) is 0 Å². The molecule has 1 aromatic carbocycles. The summed E-state index contributed by atoms with van der Waals surface area (Å²) in [5.41, 5.74) is 6.22. The van der Waals surface area contributed by atoms with Crippen molar-refractivity contribution in [2.45, 2.75) is 55.5 Å². The first-order chi connectivity index (χ1) is 10.2. The molecular weight excluding hydrogens is 338 g/mol. The first-order valence-corrected chi connectivity index (χ1v) is 9.00. The van der Waals surface area contributed by atoms with Gasteiger partial charge < -0.3 is 11.1 Å². The predicted molar refractivity (Wildman–Crippen MR) is 91.6 cm³/mol. The average Bonchev–Trinajstić information content (AvgIpc) is 2.47. The lowest BCUT2D eigenvalue weighted by molar-refractivity contribution is -0.128. The van der Waals surface area contributed by atoms with Gasteiger partial charge in [0.05, 0.1) is 16.5 Å². The van der Waals surface area contributed by atoms with Crippen LogP contribution in [0.15, 0.2) is 29.2 Å². The van der Waals surface area contributed by atoms with Gasteiger partial charge in [0.1, 0.15) is 0 Å². The molecule has 130 valence electrons. The minimum absolute atomic E-state index is 0. The van der Waals surface area contributed by atoms with Crippen molar-refractivity contribution >= 4 is 28.3 Å². The second-order valence-electron chi connectivity index (χ2n) is 6.03. The molecule has 0 aromatic heterocycles. The van der Waals surface area contributed by atoms with Gasteiger partial charge in [0, 0.05) is 0 Å². The average molecular weight is 362 g/mol. The van der Waals surface area contributed by atoms with Crippen molar-refractivity contribution in [1.82, 2.24) is 5.32 Å². The van der Waals surface area contributed by atoms with E-state index < -0.39 is 15.6 Å². The fourth-order valence-corrected chi connectivity index (χ4v) is 3.30. The maximum absolute atomic E-state index is 12.4. The highest BCUT2D eigenvalue weighted by Crippen LogP contribution is 2.27. The molecule has 1 amide bonds. The number of hydrogen-bond donors (Lipinski definition) is 3. The van der Waals surface area contributed by atoms with Gasteiger partial charge in [0.15, 0.2) is 0 Å². The lowest BCUT2D eigenvalue weighted by Crippen LogP contribution is -2.55. The summed E-state index contributed by atoms with van der Waals surface area (Å²) in [4.78, 5) is 12.4. The Hall–Kier alpha value is -1.15. The molecule has 1 unspecified atom stereocenters. The highest BCUT2D eigenvalue weighted by molar-refractivity contribution is 7.89. The van der Waals surface area contributed by atoms with Crippen LogP contribution < -0.4 is 16.2 Å². The minimum Gasteiger partial charge on any atom is -0.348 e. The van der Waals surface area contributed by atoms with Crippen molar-refractivity contribution in [3.8, 4) is 0 Å². The normalized spacial score (nSPS) is 18.6. The molecule has 1 fully saturated rings. The molecule has 0 bridgehead atoms. The van der Waals surface area contributed by atoms with Crippen molar-refractivity contribution in [2.24, 2.45) is 10.9 Å². The molecule has 1 atom stereocenters. The largest absolute Gasteiger partial charge is 0.348 e. The Morgan fingerprint density at radius 3 is 2.17 bits per heavy atom. The van der Waals surface area contributed by atoms with Gasteiger partial charge in [0.2, 0.25) is 15.9 Å². The number of benzene rings is 1. The van der Waals surface area contributed by atoms with Crippen molar-refractivity contribution in [1.29, 1.82) is 0 Å². The summed E-state index contributed by atoms with van der Waals surface area (Å²) in [5, 5.41) is 7.98. The second-order valence-corrected chi connectivity index (χ2v) is 7.59. The standard InChI is InChI=1S/C15H23N3O3S.ClH/c1-11(12-5-7-13(8-6-12)22(17,20)21)18-14(19)15(16)9-3-2-4-10-15;/h5-8,11H,2-4,9-10,16H2,1H3,(H,18,19)(H2,17,20,21);1H. The van der Waals surface area contributed by atoms with E-state index in [2.05, 4.69) is 5.32 Å². The van der Waals surface area contributed by atoms with Crippen molar-refractivity contribution in [3.63, 3.8) is 0 Å². The molecule has 6 nitrogen and oxygen atoms in total. The SMILES string of the molecule is CC(NC(=O)C1(N)CCCCC1)c1ccc(S(N)(=O)=O)cc1.Cl. The van der Waals surface area contributed by atoms with Crippen LogP contribution in [0.25, 0.3) is 0 Å². The number of rotatable bonds is 4. The zero-order chi connectivity index (χ0) is 16.4. The van der Waals surface area contributed by atoms with E-state index in [-0.39, 0.29) is 29.3 Å². The summed E-state index contributed by atoms with van der Waals surface area (Å²) >= 11 is 0. The number of nitrogens with two attached hydrogens (primary N) is 2. The van der Waals surface area contributed by atoms with Crippen molar-refractivity contribution in [3.05, 3.63) is 29.8 Å². The molecule has 8 heteroatoms. The van der Waals surface area contributed by atoms with Crippen LogP contribution in [0.4, 0.5) is 0 Å². The van der Waals surface area contributed by atoms with Crippen LogP contribution in [0.3, 0.4) is 0 Å². The van der Waals surface area contributed by atoms with Gasteiger partial charge in [-0.05, 0) is 37.5 Å². The highest BCUT2D eigenvalue weighted by atomic mass is 35.5. The Kier molecular flexibility index (Phi) is 6.59. The van der Waals surface area contributed by atoms with Gasteiger partial charge in [-0.2, -0.15) is 0 Å². The zero-order valence-corrected chi connectivity index (χ0v) is 14.8. The van der Waals surface area contributed by atoms with E-state index in [0.717, 1.165) is 24.8 Å². The lowest BCUT2D eigenvalue weighted by Gasteiger charge is -2.33. The third-order valence-corrected chi connectivity index (χ3v) is 5.18. The molecule has 1 aliphatic rings. The van der Waals surface area contributed by atoms with E-state index in [4.69, 9.17) is 10.9 Å². The Morgan fingerprint density at radius 1 is 1.17 bits per heavy atom. The first kappa shape index (κ1) is 19.9. The number of halogens is 1. The van der Waals surface area contributed by atoms with Gasteiger partial charge in [-0.1, -0.05) is 31.4 Å². The maximum atomic E-state index is 12.4. The molecule has 1 aromatic rings. The molecule has 1 aliphatic carbocycles. The van der Waals surface area contributed by atoms with E-state index in [1.165, 1.54) is 12.1 Å². The molecular formula is C15H24ClN3O3S. The van der Waals surface area contributed by atoms with Gasteiger partial charge in [-0.3, -0.25) is 4.79 Å². The summed E-state index contributed by atoms with van der Waals surface area (Å²) in [6.07, 6.45) is 4.48. The van der Waals surface area contributed by atoms with E-state index in [9.17, 15) is 13.2 Å². The van der Waals surface area contributed by atoms with Crippen LogP contribution >= 0.6 is 12.4 Å². The zero-order valence-electron chi connectivity index (χ0n) is 13.1. The number of nitrogens with one attached hydrogen (secondary N) is 1. The summed E-state index contributed by atoms with van der Waals surface area (Å²) in [5.74, 6) is -0.143. The number of primary sulfonamides is 1. The fourth-order valence-electron chi connectivity index (χ4n) is 2.78. The van der Waals surface area contributed by atoms with E-state index in [1.807, 2.05) is 6.92 Å². The molecule has 0 radical (unpaired) electrons. The summed E-state index contributed by atoms with van der Waals surface area (Å²) in [6.45, 7) is 1.84. The Bertz CT molecular complexity index is 640. The monoisotopic (exact) mass is 361 g/mol. The molecule has 0 heterocycles. The molecule has 0 saturated heterocycles. The van der Waals surface area contributed by atoms with Gasteiger partial charge >= 0.3 is 0 Å².